The number of hydrogen-bond acceptors (Lipinski definition) is 6. The minimum absolute atomic E-state index is 0.0466. The first kappa shape index (κ1) is 12.2. The predicted molar refractivity (Wildman–Crippen MR) is 69.9 cm³/mol. The summed E-state index contributed by atoms with van der Waals surface area (Å²) in [7, 11) is 0. The zero-order valence-corrected chi connectivity index (χ0v) is 11.0. The average Bonchev–Trinajstić information content (AvgIpc) is 2.98. The molecule has 98 valence electrons. The van der Waals surface area contributed by atoms with Gasteiger partial charge < -0.3 is 9.64 Å². The SMILES string of the molecule is O=C(c1csc(-c2cnccn2)n1)N1CCOCC1. The van der Waals surface area contributed by atoms with E-state index in [1.807, 2.05) is 0 Å². The Morgan fingerprint density at radius 2 is 2.16 bits per heavy atom. The van der Waals surface area contributed by atoms with Gasteiger partial charge in [-0.3, -0.25) is 14.8 Å². The molecule has 0 saturated carbocycles. The summed E-state index contributed by atoms with van der Waals surface area (Å²) in [5.74, 6) is -0.0466. The van der Waals surface area contributed by atoms with Crippen molar-refractivity contribution in [1.29, 1.82) is 0 Å². The highest BCUT2D eigenvalue weighted by atomic mass is 32.1. The summed E-state index contributed by atoms with van der Waals surface area (Å²) in [6.07, 6.45) is 4.86. The second kappa shape index (κ2) is 5.41. The van der Waals surface area contributed by atoms with Gasteiger partial charge in [-0.25, -0.2) is 4.98 Å². The molecule has 1 amide bonds. The van der Waals surface area contributed by atoms with Crippen molar-refractivity contribution >= 4 is 17.2 Å². The van der Waals surface area contributed by atoms with Crippen molar-refractivity contribution < 1.29 is 9.53 Å². The lowest BCUT2D eigenvalue weighted by molar-refractivity contribution is 0.0299. The highest BCUT2D eigenvalue weighted by Gasteiger charge is 2.21. The third-order valence-corrected chi connectivity index (χ3v) is 3.67. The number of ether oxygens (including phenoxy) is 1. The van der Waals surface area contributed by atoms with E-state index in [4.69, 9.17) is 4.74 Å². The molecular formula is C12H12N4O2S. The molecule has 1 saturated heterocycles. The largest absolute Gasteiger partial charge is 0.378 e. The summed E-state index contributed by atoms with van der Waals surface area (Å²) < 4.78 is 5.23. The topological polar surface area (TPSA) is 68.2 Å². The van der Waals surface area contributed by atoms with Crippen LogP contribution in [0.4, 0.5) is 0 Å². The lowest BCUT2D eigenvalue weighted by Crippen LogP contribution is -2.40. The van der Waals surface area contributed by atoms with E-state index in [1.54, 1.807) is 28.9 Å². The molecule has 0 bridgehead atoms. The van der Waals surface area contributed by atoms with Gasteiger partial charge in [0.1, 0.15) is 16.4 Å². The van der Waals surface area contributed by atoms with Crippen LogP contribution in [0.3, 0.4) is 0 Å². The van der Waals surface area contributed by atoms with Crippen LogP contribution in [0.5, 0.6) is 0 Å². The van der Waals surface area contributed by atoms with Gasteiger partial charge in [-0.2, -0.15) is 0 Å². The predicted octanol–water partition coefficient (Wildman–Crippen LogP) is 1.07. The minimum atomic E-state index is -0.0466. The second-order valence-corrected chi connectivity index (χ2v) is 4.89. The van der Waals surface area contributed by atoms with Gasteiger partial charge in [0.25, 0.3) is 5.91 Å². The molecule has 0 atom stereocenters. The maximum Gasteiger partial charge on any atom is 0.273 e. The minimum Gasteiger partial charge on any atom is -0.378 e. The molecule has 0 N–H and O–H groups in total. The first-order chi connectivity index (χ1) is 9.34. The highest BCUT2D eigenvalue weighted by molar-refractivity contribution is 7.13. The van der Waals surface area contributed by atoms with Crippen LogP contribution >= 0.6 is 11.3 Å². The van der Waals surface area contributed by atoms with Crippen LogP contribution in [0.2, 0.25) is 0 Å². The molecule has 0 spiro atoms. The average molecular weight is 276 g/mol. The van der Waals surface area contributed by atoms with Crippen LogP contribution in [0.1, 0.15) is 10.5 Å². The molecule has 19 heavy (non-hydrogen) atoms. The zero-order valence-electron chi connectivity index (χ0n) is 10.2. The van der Waals surface area contributed by atoms with E-state index in [2.05, 4.69) is 15.0 Å². The first-order valence-electron chi connectivity index (χ1n) is 5.93. The van der Waals surface area contributed by atoms with Gasteiger partial charge in [0.2, 0.25) is 0 Å². The molecule has 6 nitrogen and oxygen atoms in total. The van der Waals surface area contributed by atoms with E-state index in [1.165, 1.54) is 11.3 Å². The maximum absolute atomic E-state index is 12.2. The highest BCUT2D eigenvalue weighted by Crippen LogP contribution is 2.21. The summed E-state index contributed by atoms with van der Waals surface area (Å²) >= 11 is 1.40. The summed E-state index contributed by atoms with van der Waals surface area (Å²) in [5, 5.41) is 2.48. The normalized spacial score (nSPS) is 15.5. The van der Waals surface area contributed by atoms with Gasteiger partial charge >= 0.3 is 0 Å². The van der Waals surface area contributed by atoms with Crippen molar-refractivity contribution in [3.8, 4) is 10.7 Å². The van der Waals surface area contributed by atoms with E-state index in [-0.39, 0.29) is 5.91 Å². The first-order valence-corrected chi connectivity index (χ1v) is 6.81. The molecule has 0 unspecified atom stereocenters. The molecule has 1 fully saturated rings. The van der Waals surface area contributed by atoms with Crippen molar-refractivity contribution in [3.05, 3.63) is 29.7 Å². The fourth-order valence-electron chi connectivity index (χ4n) is 1.83. The van der Waals surface area contributed by atoms with Crippen molar-refractivity contribution in [2.24, 2.45) is 0 Å². The van der Waals surface area contributed by atoms with E-state index in [9.17, 15) is 4.79 Å². The fourth-order valence-corrected chi connectivity index (χ4v) is 2.58. The zero-order chi connectivity index (χ0) is 13.1. The van der Waals surface area contributed by atoms with Gasteiger partial charge in [0.15, 0.2) is 0 Å². The Bertz CT molecular complexity index is 566. The Labute approximate surface area is 114 Å². The summed E-state index contributed by atoms with van der Waals surface area (Å²) in [5.41, 5.74) is 1.15. The number of carbonyl (C=O) groups is 1. The number of hydrogen-bond donors (Lipinski definition) is 0. The third kappa shape index (κ3) is 2.61. The Balaban J connectivity index is 1.79. The number of nitrogens with zero attached hydrogens (tertiary/aromatic N) is 4. The monoisotopic (exact) mass is 276 g/mol. The van der Waals surface area contributed by atoms with Crippen LogP contribution < -0.4 is 0 Å². The van der Waals surface area contributed by atoms with Gasteiger partial charge in [0, 0.05) is 30.9 Å². The summed E-state index contributed by atoms with van der Waals surface area (Å²) in [6.45, 7) is 2.42. The lowest BCUT2D eigenvalue weighted by Gasteiger charge is -2.25. The third-order valence-electron chi connectivity index (χ3n) is 2.80. The molecular weight excluding hydrogens is 264 g/mol. The molecule has 0 aromatic carbocycles. The number of aromatic nitrogens is 3. The van der Waals surface area contributed by atoms with Crippen molar-refractivity contribution in [2.45, 2.75) is 0 Å². The molecule has 3 rings (SSSR count). The van der Waals surface area contributed by atoms with Crippen LogP contribution in [0.15, 0.2) is 24.0 Å². The van der Waals surface area contributed by atoms with Crippen molar-refractivity contribution in [3.63, 3.8) is 0 Å². The second-order valence-electron chi connectivity index (χ2n) is 4.03. The van der Waals surface area contributed by atoms with Crippen LogP contribution in [-0.4, -0.2) is 52.1 Å². The standard InChI is InChI=1S/C12H12N4O2S/c17-12(16-3-5-18-6-4-16)10-8-19-11(15-10)9-7-13-1-2-14-9/h1-2,7-8H,3-6H2. The van der Waals surface area contributed by atoms with Gasteiger partial charge in [-0.15, -0.1) is 11.3 Å². The van der Waals surface area contributed by atoms with E-state index in [0.717, 1.165) is 0 Å². The van der Waals surface area contributed by atoms with Gasteiger partial charge in [0.05, 0.1) is 19.4 Å². The molecule has 3 heterocycles. The summed E-state index contributed by atoms with van der Waals surface area (Å²) in [4.78, 5) is 26.5. The Kier molecular flexibility index (Phi) is 3.47. The fraction of sp³-hybridized carbons (Fsp3) is 0.333. The molecule has 0 radical (unpaired) electrons. The maximum atomic E-state index is 12.2. The summed E-state index contributed by atoms with van der Waals surface area (Å²) in [6, 6.07) is 0. The van der Waals surface area contributed by atoms with Crippen LogP contribution in [0.25, 0.3) is 10.7 Å². The van der Waals surface area contributed by atoms with E-state index < -0.39 is 0 Å². The van der Waals surface area contributed by atoms with Crippen LogP contribution in [0, 0.1) is 0 Å². The van der Waals surface area contributed by atoms with E-state index >= 15 is 0 Å². The molecule has 1 aliphatic rings. The molecule has 0 aliphatic carbocycles. The van der Waals surface area contributed by atoms with Crippen molar-refractivity contribution in [1.82, 2.24) is 19.9 Å². The number of rotatable bonds is 2. The number of thiazole rings is 1. The lowest BCUT2D eigenvalue weighted by atomic mass is 10.3. The molecule has 1 aliphatic heterocycles. The van der Waals surface area contributed by atoms with Crippen molar-refractivity contribution in [2.75, 3.05) is 26.3 Å². The Hall–Kier alpha value is -1.86. The quantitative estimate of drug-likeness (QED) is 0.820. The van der Waals surface area contributed by atoms with Gasteiger partial charge in [-0.05, 0) is 0 Å². The molecule has 2 aromatic rings. The van der Waals surface area contributed by atoms with Gasteiger partial charge in [-0.1, -0.05) is 0 Å². The number of amides is 1. The number of carbonyl (C=O) groups excluding carboxylic acids is 1. The molecule has 2 aromatic heterocycles. The Morgan fingerprint density at radius 3 is 2.89 bits per heavy atom. The van der Waals surface area contributed by atoms with E-state index in [0.29, 0.717) is 42.7 Å². The number of morpholine rings is 1. The smallest absolute Gasteiger partial charge is 0.273 e. The molecule has 7 heteroatoms. The Morgan fingerprint density at radius 1 is 1.32 bits per heavy atom. The van der Waals surface area contributed by atoms with Crippen LogP contribution in [-0.2, 0) is 4.74 Å².